The number of carbonyl (C=O) groups is 4. The van der Waals surface area contributed by atoms with Crippen molar-refractivity contribution >= 4 is 39.5 Å². The fourth-order valence-electron chi connectivity index (χ4n) is 10.8. The number of aliphatic hydroxyl groups is 1. The summed E-state index contributed by atoms with van der Waals surface area (Å²) < 4.78 is 68.3. The smallest absolute Gasteiger partial charge is 0.462 e. The fourth-order valence-corrected chi connectivity index (χ4v) is 12.4. The molecule has 0 rings (SSSR count). The van der Waals surface area contributed by atoms with Gasteiger partial charge in [0.1, 0.15) is 19.3 Å². The first-order chi connectivity index (χ1) is 43.8. The molecule has 4 unspecified atom stereocenters. The van der Waals surface area contributed by atoms with Gasteiger partial charge in [0.2, 0.25) is 0 Å². The molecule has 0 saturated heterocycles. The van der Waals surface area contributed by atoms with E-state index >= 15 is 0 Å². The first-order valence-corrected chi connectivity index (χ1v) is 40.4. The van der Waals surface area contributed by atoms with Crippen molar-refractivity contribution in [3.8, 4) is 0 Å². The van der Waals surface area contributed by atoms with Gasteiger partial charge < -0.3 is 33.8 Å². The molecular formula is C72H140O17P2. The summed E-state index contributed by atoms with van der Waals surface area (Å²) in [6.07, 6.45) is 47.4. The molecule has 0 amide bonds. The predicted molar refractivity (Wildman–Crippen MR) is 368 cm³/mol. The number of phosphoric ester groups is 2. The minimum atomic E-state index is -4.95. The lowest BCUT2D eigenvalue weighted by atomic mass is 9.99. The standard InChI is InChI=1S/C72H140O17P2/c1-8-11-12-13-14-15-16-17-18-19-20-21-22-23-24-25-32-41-48-55-71(76)88-67(59-82-69(74)53-46-39-31-27-26-30-37-44-51-64(6)9-2)61-86-90(78,79)84-57-66(73)58-85-91(80,81)87-62-68(89-72(77)56-49-42-33-28-29-36-43-50-63(4)5)60-83-70(75)54-47-40-35-34-38-45-52-65(7)10-3/h63-68,73H,8-62H2,1-7H3,(H,78,79)(H,80,81)/t64?,65?,66-,67-,68-/m1/s1. The summed E-state index contributed by atoms with van der Waals surface area (Å²) in [4.78, 5) is 72.6. The Bertz CT molecular complexity index is 1790. The van der Waals surface area contributed by atoms with Gasteiger partial charge >= 0.3 is 39.5 Å². The molecule has 17 nitrogen and oxygen atoms in total. The molecule has 0 fully saturated rings. The Morgan fingerprint density at radius 1 is 0.319 bits per heavy atom. The number of esters is 4. The maximum absolute atomic E-state index is 13.0. The van der Waals surface area contributed by atoms with Crippen LogP contribution < -0.4 is 0 Å². The van der Waals surface area contributed by atoms with E-state index in [2.05, 4.69) is 48.5 Å². The second kappa shape index (κ2) is 62.8. The number of phosphoric acid groups is 2. The molecule has 0 aromatic carbocycles. The highest BCUT2D eigenvalue weighted by atomic mass is 31.2. The van der Waals surface area contributed by atoms with E-state index in [0.717, 1.165) is 108 Å². The number of unbranched alkanes of at least 4 members (excludes halogenated alkanes) is 36. The largest absolute Gasteiger partial charge is 0.472 e. The third-order valence-electron chi connectivity index (χ3n) is 17.4. The molecule has 91 heavy (non-hydrogen) atoms. The minimum absolute atomic E-state index is 0.102. The van der Waals surface area contributed by atoms with Crippen molar-refractivity contribution in [2.24, 2.45) is 17.8 Å². The molecule has 19 heteroatoms. The molecule has 0 radical (unpaired) electrons. The van der Waals surface area contributed by atoms with Gasteiger partial charge in [-0.15, -0.1) is 0 Å². The number of hydrogen-bond acceptors (Lipinski definition) is 15. The van der Waals surface area contributed by atoms with E-state index < -0.39 is 97.5 Å². The van der Waals surface area contributed by atoms with Crippen LogP contribution in [-0.4, -0.2) is 96.7 Å². The molecule has 0 aromatic heterocycles. The zero-order valence-electron chi connectivity index (χ0n) is 59.3. The minimum Gasteiger partial charge on any atom is -0.462 e. The van der Waals surface area contributed by atoms with Crippen LogP contribution in [-0.2, 0) is 65.4 Å². The van der Waals surface area contributed by atoms with Crippen LogP contribution in [0.15, 0.2) is 0 Å². The maximum Gasteiger partial charge on any atom is 0.472 e. The normalized spacial score (nSPS) is 14.8. The molecule has 0 saturated carbocycles. The lowest BCUT2D eigenvalue weighted by molar-refractivity contribution is -0.161. The van der Waals surface area contributed by atoms with Crippen molar-refractivity contribution in [1.82, 2.24) is 0 Å². The van der Waals surface area contributed by atoms with Gasteiger partial charge in [-0.2, -0.15) is 0 Å². The monoisotopic (exact) mass is 1340 g/mol. The van der Waals surface area contributed by atoms with E-state index in [9.17, 15) is 43.2 Å². The lowest BCUT2D eigenvalue weighted by Crippen LogP contribution is -2.30. The second-order valence-electron chi connectivity index (χ2n) is 26.9. The Hall–Kier alpha value is -1.94. The van der Waals surface area contributed by atoms with Crippen molar-refractivity contribution in [1.29, 1.82) is 0 Å². The topological polar surface area (TPSA) is 237 Å². The Labute approximate surface area is 556 Å². The number of aliphatic hydroxyl groups excluding tert-OH is 1. The molecule has 0 aliphatic heterocycles. The number of ether oxygens (including phenoxy) is 4. The van der Waals surface area contributed by atoms with E-state index in [4.69, 9.17) is 37.0 Å². The summed E-state index contributed by atoms with van der Waals surface area (Å²) in [7, 11) is -9.90. The molecule has 0 aromatic rings. The molecule has 0 bridgehead atoms. The highest BCUT2D eigenvalue weighted by Crippen LogP contribution is 2.45. The third-order valence-corrected chi connectivity index (χ3v) is 19.3. The van der Waals surface area contributed by atoms with E-state index in [1.165, 1.54) is 167 Å². The molecule has 7 atom stereocenters. The average Bonchev–Trinajstić information content (AvgIpc) is 2.55. The van der Waals surface area contributed by atoms with Crippen molar-refractivity contribution in [3.63, 3.8) is 0 Å². The van der Waals surface area contributed by atoms with Crippen LogP contribution in [0.4, 0.5) is 0 Å². The van der Waals surface area contributed by atoms with E-state index in [0.29, 0.717) is 31.6 Å². The molecule has 0 aliphatic carbocycles. The Morgan fingerprint density at radius 3 is 0.835 bits per heavy atom. The summed E-state index contributed by atoms with van der Waals surface area (Å²) >= 11 is 0. The van der Waals surface area contributed by atoms with Crippen LogP contribution >= 0.6 is 15.6 Å². The summed E-state index contributed by atoms with van der Waals surface area (Å²) in [5.41, 5.74) is 0. The lowest BCUT2D eigenvalue weighted by Gasteiger charge is -2.21. The molecular weight excluding hydrogens is 1200 g/mol. The summed E-state index contributed by atoms with van der Waals surface area (Å²) in [5, 5.41) is 10.6. The highest BCUT2D eigenvalue weighted by Gasteiger charge is 2.30. The quantitative estimate of drug-likeness (QED) is 0.0222. The van der Waals surface area contributed by atoms with Crippen molar-refractivity contribution in [2.75, 3.05) is 39.6 Å². The van der Waals surface area contributed by atoms with Crippen LogP contribution in [0.3, 0.4) is 0 Å². The van der Waals surface area contributed by atoms with Crippen molar-refractivity contribution in [3.05, 3.63) is 0 Å². The predicted octanol–water partition coefficient (Wildman–Crippen LogP) is 20.6. The number of hydrogen-bond donors (Lipinski definition) is 3. The van der Waals surface area contributed by atoms with Gasteiger partial charge in [0.15, 0.2) is 12.2 Å². The average molecular weight is 1340 g/mol. The van der Waals surface area contributed by atoms with Crippen LogP contribution in [0, 0.1) is 17.8 Å². The SMILES string of the molecule is CCCCCCCCCCCCCCCCCCCCCC(=O)O[C@H](COC(=O)CCCCCCCCCCC(C)CC)COP(=O)(O)OC[C@@H](O)COP(=O)(O)OC[C@@H](COC(=O)CCCCCCCCC(C)CC)OC(=O)CCCCCCCCCC(C)C. The zero-order chi connectivity index (χ0) is 67.3. The maximum atomic E-state index is 13.0. The van der Waals surface area contributed by atoms with E-state index in [1.54, 1.807) is 0 Å². The van der Waals surface area contributed by atoms with Gasteiger partial charge in [-0.25, -0.2) is 9.13 Å². The van der Waals surface area contributed by atoms with Crippen molar-refractivity contribution < 1.29 is 80.2 Å². The highest BCUT2D eigenvalue weighted by molar-refractivity contribution is 7.47. The Morgan fingerprint density at radius 2 is 0.560 bits per heavy atom. The van der Waals surface area contributed by atoms with Crippen LogP contribution in [0.5, 0.6) is 0 Å². The van der Waals surface area contributed by atoms with Gasteiger partial charge in [0, 0.05) is 25.7 Å². The van der Waals surface area contributed by atoms with Crippen LogP contribution in [0.25, 0.3) is 0 Å². The van der Waals surface area contributed by atoms with Gasteiger partial charge in [0.25, 0.3) is 0 Å². The Balaban J connectivity index is 5.22. The number of rotatable bonds is 70. The Kier molecular flexibility index (Phi) is 61.5. The molecule has 540 valence electrons. The summed E-state index contributed by atoms with van der Waals surface area (Å²) in [6.45, 7) is 11.8. The summed E-state index contributed by atoms with van der Waals surface area (Å²) in [6, 6.07) is 0. The van der Waals surface area contributed by atoms with E-state index in [-0.39, 0.29) is 25.7 Å². The molecule has 0 spiro atoms. The second-order valence-corrected chi connectivity index (χ2v) is 29.8. The van der Waals surface area contributed by atoms with Crippen molar-refractivity contribution in [2.45, 2.75) is 381 Å². The van der Waals surface area contributed by atoms with E-state index in [1.807, 2.05) is 0 Å². The molecule has 3 N–H and O–H groups in total. The van der Waals surface area contributed by atoms with Gasteiger partial charge in [0.05, 0.1) is 26.4 Å². The van der Waals surface area contributed by atoms with Gasteiger partial charge in [-0.05, 0) is 43.4 Å². The summed E-state index contributed by atoms with van der Waals surface area (Å²) in [5.74, 6) is 0.0759. The van der Waals surface area contributed by atoms with Crippen LogP contribution in [0.1, 0.15) is 363 Å². The van der Waals surface area contributed by atoms with Gasteiger partial charge in [-0.1, -0.05) is 312 Å². The fraction of sp³-hybridized carbons (Fsp3) is 0.944. The first kappa shape index (κ1) is 89.1. The zero-order valence-corrected chi connectivity index (χ0v) is 61.1. The number of carbonyl (C=O) groups excluding carboxylic acids is 4. The van der Waals surface area contributed by atoms with Gasteiger partial charge in [-0.3, -0.25) is 37.3 Å². The van der Waals surface area contributed by atoms with Crippen LogP contribution in [0.2, 0.25) is 0 Å². The third kappa shape index (κ3) is 63.9. The molecule has 0 heterocycles. The molecule has 0 aliphatic rings. The first-order valence-electron chi connectivity index (χ1n) is 37.4.